The van der Waals surface area contributed by atoms with Gasteiger partial charge in [-0.05, 0) is 30.9 Å². The smallest absolute Gasteiger partial charge is 0.129 e. The highest BCUT2D eigenvalue weighted by molar-refractivity contribution is 6.30. The average Bonchev–Trinajstić information content (AvgIpc) is 2.46. The second-order valence-corrected chi connectivity index (χ2v) is 5.89. The first-order valence-electron chi connectivity index (χ1n) is 7.17. The Morgan fingerprint density at radius 3 is 2.80 bits per heavy atom. The molecule has 1 aromatic rings. The highest BCUT2D eigenvalue weighted by Gasteiger charge is 2.27. The van der Waals surface area contributed by atoms with E-state index in [9.17, 15) is 9.50 Å². The summed E-state index contributed by atoms with van der Waals surface area (Å²) in [5.74, 6) is -0.107. The molecule has 1 aliphatic rings. The molecule has 0 aromatic heterocycles. The Balaban J connectivity index is 2.11. The molecule has 5 heteroatoms. The summed E-state index contributed by atoms with van der Waals surface area (Å²) in [7, 11) is 0. The Morgan fingerprint density at radius 2 is 2.15 bits per heavy atom. The average molecular weight is 301 g/mol. The van der Waals surface area contributed by atoms with Crippen molar-refractivity contribution in [2.24, 2.45) is 11.7 Å². The monoisotopic (exact) mass is 300 g/mol. The second-order valence-electron chi connectivity index (χ2n) is 5.45. The quantitative estimate of drug-likeness (QED) is 0.783. The number of nitrogens with one attached hydrogen (secondary N) is 1. The van der Waals surface area contributed by atoms with E-state index >= 15 is 0 Å². The standard InChI is InChI=1S/C15H22ClFN2O/c16-11-5-6-12(13(17)7-11)15(8-18)19-14-4-2-1-3-10(14)9-20/h5-7,10,14-15,19-20H,1-4,8-9,18H2. The van der Waals surface area contributed by atoms with Gasteiger partial charge in [0.25, 0.3) is 0 Å². The van der Waals surface area contributed by atoms with Crippen molar-refractivity contribution in [2.45, 2.75) is 37.8 Å². The van der Waals surface area contributed by atoms with E-state index in [4.69, 9.17) is 17.3 Å². The molecule has 20 heavy (non-hydrogen) atoms. The van der Waals surface area contributed by atoms with Crippen molar-refractivity contribution in [3.63, 3.8) is 0 Å². The highest BCUT2D eigenvalue weighted by Crippen LogP contribution is 2.27. The molecule has 1 fully saturated rings. The lowest BCUT2D eigenvalue weighted by molar-refractivity contribution is 0.146. The molecule has 2 rings (SSSR count). The summed E-state index contributed by atoms with van der Waals surface area (Å²) in [6, 6.07) is 4.61. The van der Waals surface area contributed by atoms with Crippen LogP contribution in [-0.4, -0.2) is 24.3 Å². The molecule has 0 amide bonds. The molecule has 3 nitrogen and oxygen atoms in total. The van der Waals surface area contributed by atoms with Crippen molar-refractivity contribution in [3.05, 3.63) is 34.6 Å². The van der Waals surface area contributed by atoms with Crippen molar-refractivity contribution in [3.8, 4) is 0 Å². The van der Waals surface area contributed by atoms with Gasteiger partial charge in [-0.3, -0.25) is 0 Å². The van der Waals surface area contributed by atoms with Crippen molar-refractivity contribution >= 4 is 11.6 Å². The zero-order valence-electron chi connectivity index (χ0n) is 11.5. The van der Waals surface area contributed by atoms with Gasteiger partial charge in [0.15, 0.2) is 0 Å². The maximum Gasteiger partial charge on any atom is 0.129 e. The Hall–Kier alpha value is -0.680. The van der Waals surface area contributed by atoms with Crippen LogP contribution in [0.25, 0.3) is 0 Å². The molecule has 0 spiro atoms. The Morgan fingerprint density at radius 1 is 1.40 bits per heavy atom. The van der Waals surface area contributed by atoms with Gasteiger partial charge in [0.1, 0.15) is 5.82 Å². The van der Waals surface area contributed by atoms with Crippen molar-refractivity contribution < 1.29 is 9.50 Å². The summed E-state index contributed by atoms with van der Waals surface area (Å²) in [4.78, 5) is 0. The number of nitrogens with two attached hydrogens (primary N) is 1. The van der Waals surface area contributed by atoms with Crippen LogP contribution in [0.5, 0.6) is 0 Å². The molecular weight excluding hydrogens is 279 g/mol. The third-order valence-electron chi connectivity index (χ3n) is 4.13. The summed E-state index contributed by atoms with van der Waals surface area (Å²) in [5, 5.41) is 13.2. The van der Waals surface area contributed by atoms with Gasteiger partial charge in [-0.2, -0.15) is 0 Å². The molecule has 3 atom stereocenters. The zero-order chi connectivity index (χ0) is 14.5. The van der Waals surface area contributed by atoms with Crippen LogP contribution in [-0.2, 0) is 0 Å². The van der Waals surface area contributed by atoms with E-state index in [-0.39, 0.29) is 30.4 Å². The fourth-order valence-electron chi connectivity index (χ4n) is 2.97. The first-order valence-corrected chi connectivity index (χ1v) is 7.55. The molecular formula is C15H22ClFN2O. The number of benzene rings is 1. The fraction of sp³-hybridized carbons (Fsp3) is 0.600. The van der Waals surface area contributed by atoms with Gasteiger partial charge >= 0.3 is 0 Å². The van der Waals surface area contributed by atoms with Gasteiger partial charge in [-0.25, -0.2) is 4.39 Å². The topological polar surface area (TPSA) is 58.3 Å². The summed E-state index contributed by atoms with van der Waals surface area (Å²) in [6.07, 6.45) is 4.28. The van der Waals surface area contributed by atoms with Gasteiger partial charge in [0, 0.05) is 35.8 Å². The lowest BCUT2D eigenvalue weighted by atomic mass is 9.84. The minimum atomic E-state index is -0.336. The van der Waals surface area contributed by atoms with Crippen molar-refractivity contribution in [1.82, 2.24) is 5.32 Å². The maximum atomic E-state index is 14.0. The van der Waals surface area contributed by atoms with Crippen molar-refractivity contribution in [2.75, 3.05) is 13.2 Å². The van der Waals surface area contributed by atoms with E-state index in [2.05, 4.69) is 5.32 Å². The minimum Gasteiger partial charge on any atom is -0.396 e. The highest BCUT2D eigenvalue weighted by atomic mass is 35.5. The van der Waals surface area contributed by atoms with Crippen LogP contribution in [0.2, 0.25) is 5.02 Å². The normalized spacial score (nSPS) is 24.6. The van der Waals surface area contributed by atoms with Gasteiger partial charge < -0.3 is 16.2 Å². The Kier molecular flexibility index (Phi) is 5.78. The lowest BCUT2D eigenvalue weighted by Crippen LogP contribution is -2.44. The Labute approximate surface area is 124 Å². The van der Waals surface area contributed by atoms with Crippen molar-refractivity contribution in [1.29, 1.82) is 0 Å². The molecule has 1 aromatic carbocycles. The molecule has 0 bridgehead atoms. The molecule has 0 heterocycles. The molecule has 0 radical (unpaired) electrons. The molecule has 4 N–H and O–H groups in total. The fourth-order valence-corrected chi connectivity index (χ4v) is 3.13. The number of hydrogen-bond donors (Lipinski definition) is 3. The van der Waals surface area contributed by atoms with E-state index in [1.165, 1.54) is 6.07 Å². The molecule has 112 valence electrons. The van der Waals surface area contributed by atoms with Crippen LogP contribution >= 0.6 is 11.6 Å². The third-order valence-corrected chi connectivity index (χ3v) is 4.37. The van der Waals surface area contributed by atoms with E-state index in [0.717, 1.165) is 25.7 Å². The number of aliphatic hydroxyl groups is 1. The van der Waals surface area contributed by atoms with Crippen LogP contribution in [0.15, 0.2) is 18.2 Å². The molecule has 1 saturated carbocycles. The van der Waals surface area contributed by atoms with Gasteiger partial charge in [-0.1, -0.05) is 30.5 Å². The first kappa shape index (κ1) is 15.7. The van der Waals surface area contributed by atoms with Crippen LogP contribution in [0.3, 0.4) is 0 Å². The Bertz CT molecular complexity index is 444. The van der Waals surface area contributed by atoms with E-state index in [1.807, 2.05) is 0 Å². The summed E-state index contributed by atoms with van der Waals surface area (Å²) >= 11 is 5.78. The number of hydrogen-bond acceptors (Lipinski definition) is 3. The van der Waals surface area contributed by atoms with Crippen LogP contribution in [0.4, 0.5) is 4.39 Å². The summed E-state index contributed by atoms with van der Waals surface area (Å²) < 4.78 is 14.0. The van der Waals surface area contributed by atoms with Gasteiger partial charge in [0.05, 0.1) is 0 Å². The SMILES string of the molecule is NCC(NC1CCCCC1CO)c1ccc(Cl)cc1F. The molecule has 0 saturated heterocycles. The largest absolute Gasteiger partial charge is 0.396 e. The van der Waals surface area contributed by atoms with Crippen LogP contribution in [0, 0.1) is 11.7 Å². The number of rotatable bonds is 5. The molecule has 1 aliphatic carbocycles. The van der Waals surface area contributed by atoms with Crippen LogP contribution < -0.4 is 11.1 Å². The molecule has 0 aliphatic heterocycles. The summed E-state index contributed by atoms with van der Waals surface area (Å²) in [6.45, 7) is 0.477. The maximum absolute atomic E-state index is 14.0. The third kappa shape index (κ3) is 3.70. The van der Waals surface area contributed by atoms with Gasteiger partial charge in [-0.15, -0.1) is 0 Å². The minimum absolute atomic E-state index is 0.165. The summed E-state index contributed by atoms with van der Waals surface area (Å²) in [5.41, 5.74) is 6.33. The molecule has 3 unspecified atom stereocenters. The predicted molar refractivity (Wildman–Crippen MR) is 79.2 cm³/mol. The predicted octanol–water partition coefficient (Wildman–Crippen LogP) is 2.62. The van der Waals surface area contributed by atoms with E-state index < -0.39 is 0 Å². The van der Waals surface area contributed by atoms with Gasteiger partial charge in [0.2, 0.25) is 0 Å². The number of aliphatic hydroxyl groups excluding tert-OH is 1. The van der Waals surface area contributed by atoms with E-state index in [1.54, 1.807) is 12.1 Å². The number of halogens is 2. The lowest BCUT2D eigenvalue weighted by Gasteiger charge is -2.34. The second kappa shape index (κ2) is 7.36. The van der Waals surface area contributed by atoms with E-state index in [0.29, 0.717) is 17.1 Å². The first-order chi connectivity index (χ1) is 9.65. The van der Waals surface area contributed by atoms with Crippen LogP contribution in [0.1, 0.15) is 37.3 Å². The zero-order valence-corrected chi connectivity index (χ0v) is 12.2.